The number of aromatic hydroxyl groups is 2. The summed E-state index contributed by atoms with van der Waals surface area (Å²) in [5, 5.41) is 19.0. The van der Waals surface area contributed by atoms with Gasteiger partial charge in [-0.05, 0) is 78.5 Å². The fourth-order valence-electron chi connectivity index (χ4n) is 2.33. The van der Waals surface area contributed by atoms with Gasteiger partial charge in [-0.25, -0.2) is 4.57 Å². The first-order valence-corrected chi connectivity index (χ1v) is 10.2. The Morgan fingerprint density at radius 2 is 1.61 bits per heavy atom. The largest absolute Gasteiger partial charge is 0.508 e. The number of phenols is 2. The molecule has 0 amide bonds. The Bertz CT molecular complexity index is 713. The van der Waals surface area contributed by atoms with Crippen molar-refractivity contribution in [3.05, 3.63) is 53.6 Å². The molecular formula is C16H19O5PS. The van der Waals surface area contributed by atoms with Crippen LogP contribution in [0.5, 0.6) is 11.5 Å². The standard InChI is InChI=1S/C16H19O5PS/c17-14-7-3-5-12(10-14)4-1-2-6-13-11-15(18)8-9-16(13)23-22(19,20)21/h3,5,7-11,17-18H,1-2,4,6H2,(H2,19,20,21). The molecular weight excluding hydrogens is 335 g/mol. The molecule has 0 radical (unpaired) electrons. The van der Waals surface area contributed by atoms with Gasteiger partial charge in [0.2, 0.25) is 0 Å². The van der Waals surface area contributed by atoms with E-state index in [-0.39, 0.29) is 11.5 Å². The van der Waals surface area contributed by atoms with Gasteiger partial charge in [-0.15, -0.1) is 0 Å². The summed E-state index contributed by atoms with van der Waals surface area (Å²) in [6.07, 6.45) is 3.12. The summed E-state index contributed by atoms with van der Waals surface area (Å²) >= 11 is 0.515. The van der Waals surface area contributed by atoms with Crippen molar-refractivity contribution in [2.24, 2.45) is 0 Å². The quantitative estimate of drug-likeness (QED) is 0.445. The van der Waals surface area contributed by atoms with Crippen molar-refractivity contribution in [2.45, 2.75) is 30.6 Å². The lowest BCUT2D eigenvalue weighted by Crippen LogP contribution is -1.92. The molecule has 7 heteroatoms. The van der Waals surface area contributed by atoms with Crippen LogP contribution >= 0.6 is 18.2 Å². The number of benzene rings is 2. The number of rotatable bonds is 7. The predicted octanol–water partition coefficient (Wildman–Crippen LogP) is 3.85. The maximum absolute atomic E-state index is 11.2. The number of hydrogen-bond donors (Lipinski definition) is 4. The zero-order valence-corrected chi connectivity index (χ0v) is 14.1. The van der Waals surface area contributed by atoms with Crippen LogP contribution in [-0.4, -0.2) is 20.0 Å². The van der Waals surface area contributed by atoms with Gasteiger partial charge in [-0.3, -0.25) is 0 Å². The second-order valence-electron chi connectivity index (χ2n) is 5.25. The van der Waals surface area contributed by atoms with Gasteiger partial charge < -0.3 is 20.0 Å². The first-order valence-electron chi connectivity index (χ1n) is 7.18. The van der Waals surface area contributed by atoms with Crippen LogP contribution < -0.4 is 0 Å². The highest BCUT2D eigenvalue weighted by Gasteiger charge is 2.18. The van der Waals surface area contributed by atoms with Crippen LogP contribution in [0.2, 0.25) is 0 Å². The van der Waals surface area contributed by atoms with Crippen molar-refractivity contribution < 1.29 is 24.6 Å². The predicted molar refractivity (Wildman–Crippen MR) is 90.8 cm³/mol. The van der Waals surface area contributed by atoms with Crippen LogP contribution in [0, 0.1) is 0 Å². The summed E-state index contributed by atoms with van der Waals surface area (Å²) in [4.78, 5) is 18.7. The molecule has 2 aromatic rings. The Hall–Kier alpha value is -1.46. The molecule has 0 bridgehead atoms. The third-order valence-electron chi connectivity index (χ3n) is 3.33. The minimum absolute atomic E-state index is 0.0862. The van der Waals surface area contributed by atoms with Crippen LogP contribution in [-0.2, 0) is 17.4 Å². The Morgan fingerprint density at radius 1 is 0.913 bits per heavy atom. The van der Waals surface area contributed by atoms with Crippen molar-refractivity contribution >= 4 is 18.2 Å². The smallest absolute Gasteiger partial charge is 0.388 e. The van der Waals surface area contributed by atoms with Gasteiger partial charge in [0.1, 0.15) is 11.5 Å². The summed E-state index contributed by atoms with van der Waals surface area (Å²) in [5.41, 5.74) is 1.78. The van der Waals surface area contributed by atoms with Gasteiger partial charge in [0.15, 0.2) is 0 Å². The number of hydrogen-bond acceptors (Lipinski definition) is 4. The molecule has 0 aliphatic carbocycles. The highest BCUT2D eigenvalue weighted by molar-refractivity contribution is 8.54. The van der Waals surface area contributed by atoms with E-state index in [0.717, 1.165) is 30.4 Å². The number of unbranched alkanes of at least 4 members (excludes halogenated alkanes) is 1. The molecule has 0 atom stereocenters. The topological polar surface area (TPSA) is 98.0 Å². The second-order valence-corrected chi connectivity index (χ2v) is 8.83. The molecule has 2 rings (SSSR count). The van der Waals surface area contributed by atoms with Crippen LogP contribution in [0.1, 0.15) is 24.0 Å². The Kier molecular flexibility index (Phi) is 6.13. The Morgan fingerprint density at radius 3 is 2.30 bits per heavy atom. The van der Waals surface area contributed by atoms with Crippen molar-refractivity contribution in [3.63, 3.8) is 0 Å². The summed E-state index contributed by atoms with van der Waals surface area (Å²) < 4.78 is 11.2. The summed E-state index contributed by atoms with van der Waals surface area (Å²) in [5.74, 6) is 0.332. The summed E-state index contributed by atoms with van der Waals surface area (Å²) in [6, 6.07) is 11.6. The molecule has 0 aliphatic rings. The van der Waals surface area contributed by atoms with Gasteiger partial charge in [-0.1, -0.05) is 12.1 Å². The highest BCUT2D eigenvalue weighted by atomic mass is 32.7. The highest BCUT2D eigenvalue weighted by Crippen LogP contribution is 2.55. The first kappa shape index (κ1) is 17.9. The molecule has 0 spiro atoms. The van der Waals surface area contributed by atoms with Crippen molar-refractivity contribution in [2.75, 3.05) is 0 Å². The molecule has 0 unspecified atom stereocenters. The van der Waals surface area contributed by atoms with Crippen LogP contribution in [0.3, 0.4) is 0 Å². The van der Waals surface area contributed by atoms with Gasteiger partial charge in [0, 0.05) is 4.90 Å². The fourth-order valence-corrected chi connectivity index (χ4v) is 4.30. The molecule has 4 N–H and O–H groups in total. The summed E-state index contributed by atoms with van der Waals surface area (Å²) in [7, 11) is 0. The Balaban J connectivity index is 1.94. The normalized spacial score (nSPS) is 11.6. The lowest BCUT2D eigenvalue weighted by Gasteiger charge is -2.10. The third kappa shape index (κ3) is 6.28. The van der Waals surface area contributed by atoms with Crippen LogP contribution in [0.15, 0.2) is 47.4 Å². The second kappa shape index (κ2) is 7.88. The van der Waals surface area contributed by atoms with E-state index in [1.807, 2.05) is 6.07 Å². The van der Waals surface area contributed by atoms with Crippen LogP contribution in [0.4, 0.5) is 0 Å². The molecule has 5 nitrogen and oxygen atoms in total. The van der Waals surface area contributed by atoms with E-state index < -0.39 is 6.80 Å². The zero-order valence-electron chi connectivity index (χ0n) is 12.4. The van der Waals surface area contributed by atoms with E-state index in [9.17, 15) is 14.8 Å². The molecule has 0 saturated heterocycles. The first-order chi connectivity index (χ1) is 10.8. The average molecular weight is 354 g/mol. The molecule has 2 aromatic carbocycles. The summed E-state index contributed by atoms with van der Waals surface area (Å²) in [6.45, 7) is -4.21. The molecule has 23 heavy (non-hydrogen) atoms. The van der Waals surface area contributed by atoms with Gasteiger partial charge in [0.25, 0.3) is 0 Å². The van der Waals surface area contributed by atoms with Gasteiger partial charge >= 0.3 is 6.80 Å². The van der Waals surface area contributed by atoms with E-state index in [2.05, 4.69) is 0 Å². The van der Waals surface area contributed by atoms with Crippen molar-refractivity contribution in [1.29, 1.82) is 0 Å². The SMILES string of the molecule is O=P(O)(O)Sc1ccc(O)cc1CCCCc1cccc(O)c1. The van der Waals surface area contributed by atoms with E-state index in [0.29, 0.717) is 22.7 Å². The monoisotopic (exact) mass is 354 g/mol. The lowest BCUT2D eigenvalue weighted by atomic mass is 10.0. The fraction of sp³-hybridized carbons (Fsp3) is 0.250. The lowest BCUT2D eigenvalue weighted by molar-refractivity contribution is 0.397. The minimum atomic E-state index is -4.21. The molecule has 0 fully saturated rings. The maximum atomic E-state index is 11.2. The van der Waals surface area contributed by atoms with Gasteiger partial charge in [0.05, 0.1) is 0 Å². The zero-order chi connectivity index (χ0) is 16.9. The van der Waals surface area contributed by atoms with E-state index in [1.165, 1.54) is 12.1 Å². The third-order valence-corrected chi connectivity index (χ3v) is 5.47. The maximum Gasteiger partial charge on any atom is 0.388 e. The van der Waals surface area contributed by atoms with Crippen LogP contribution in [0.25, 0.3) is 0 Å². The van der Waals surface area contributed by atoms with E-state index in [1.54, 1.807) is 24.3 Å². The van der Waals surface area contributed by atoms with E-state index in [4.69, 9.17) is 9.79 Å². The van der Waals surface area contributed by atoms with Crippen molar-refractivity contribution in [3.8, 4) is 11.5 Å². The molecule has 124 valence electrons. The van der Waals surface area contributed by atoms with Crippen molar-refractivity contribution in [1.82, 2.24) is 0 Å². The molecule has 0 heterocycles. The van der Waals surface area contributed by atoms with E-state index >= 15 is 0 Å². The number of aryl methyl sites for hydroxylation is 2. The van der Waals surface area contributed by atoms with Gasteiger partial charge in [-0.2, -0.15) is 0 Å². The average Bonchev–Trinajstić information content (AvgIpc) is 2.45. The number of phenolic OH excluding ortho intramolecular Hbond substituents is 2. The molecule has 0 aromatic heterocycles. The minimum Gasteiger partial charge on any atom is -0.508 e. The Labute approximate surface area is 138 Å². The molecule has 0 saturated carbocycles. The molecule has 0 aliphatic heterocycles.